The van der Waals surface area contributed by atoms with Crippen molar-refractivity contribution >= 4 is 17.5 Å². The summed E-state index contributed by atoms with van der Waals surface area (Å²) in [6.07, 6.45) is 0. The third kappa shape index (κ3) is 3.34. The topological polar surface area (TPSA) is 88.1 Å². The molecule has 222 valence electrons. The highest BCUT2D eigenvalue weighted by Crippen LogP contribution is 2.72. The number of hydrogen-bond donors (Lipinski definition) is 0. The highest BCUT2D eigenvalue weighted by atomic mass is 17.0. The van der Waals surface area contributed by atoms with Gasteiger partial charge in [0.2, 0.25) is 11.6 Å². The van der Waals surface area contributed by atoms with Gasteiger partial charge in [0.25, 0.3) is 17.0 Å². The molecular weight excluding hydrogens is 556 g/mol. The lowest BCUT2D eigenvalue weighted by Crippen LogP contribution is -2.69. The molecule has 4 atom stereocenters. The number of Topliss-reactive ketones (excluding diaryl/α,β-unsaturated/α-hetero) is 2. The van der Waals surface area contributed by atoms with Gasteiger partial charge in [0.1, 0.15) is 0 Å². The summed E-state index contributed by atoms with van der Waals surface area (Å²) in [4.78, 5) is 45.2. The van der Waals surface area contributed by atoms with Gasteiger partial charge in [-0.3, -0.25) is 23.8 Å². The highest BCUT2D eigenvalue weighted by Gasteiger charge is 2.97. The van der Waals surface area contributed by atoms with Crippen LogP contribution >= 0.6 is 0 Å². The minimum atomic E-state index is -2.54. The Bertz CT molecular complexity index is 1850. The number of benzene rings is 4. The number of rotatable bonds is 6. The van der Waals surface area contributed by atoms with Gasteiger partial charge in [0.15, 0.2) is 0 Å². The molecule has 0 aliphatic carbocycles. The molecule has 0 unspecified atom stereocenters. The lowest BCUT2D eigenvalue weighted by molar-refractivity contribution is -0.372. The second-order valence-corrected chi connectivity index (χ2v) is 12.2. The lowest BCUT2D eigenvalue weighted by atomic mass is 9.67. The number of fused-ring (bicyclic) bond motifs is 1. The maximum Gasteiger partial charge on any atom is 0.353 e. The predicted molar refractivity (Wildman–Crippen MR) is 161 cm³/mol. The molecule has 3 fully saturated rings. The molecule has 4 aromatic rings. The van der Waals surface area contributed by atoms with Gasteiger partial charge in [-0.05, 0) is 63.8 Å². The minimum absolute atomic E-state index is 0.264. The van der Waals surface area contributed by atoms with Crippen molar-refractivity contribution in [3.63, 3.8) is 0 Å². The number of ether oxygens (including phenoxy) is 4. The molecule has 2 bridgehead atoms. The van der Waals surface area contributed by atoms with Crippen LogP contribution in [0.2, 0.25) is 0 Å². The van der Waals surface area contributed by atoms with Crippen molar-refractivity contribution in [1.29, 1.82) is 0 Å². The van der Waals surface area contributed by atoms with Crippen molar-refractivity contribution < 1.29 is 33.3 Å². The molecule has 3 aliphatic rings. The molecule has 3 saturated heterocycles. The summed E-state index contributed by atoms with van der Waals surface area (Å²) in [7, 11) is 0. The van der Waals surface area contributed by atoms with Gasteiger partial charge in [-0.1, -0.05) is 96.1 Å². The van der Waals surface area contributed by atoms with Crippen LogP contribution in [-0.4, -0.2) is 28.7 Å². The summed E-state index contributed by atoms with van der Waals surface area (Å²) in [6, 6.07) is 24.9. The van der Waals surface area contributed by atoms with Crippen LogP contribution in [0.25, 0.3) is 0 Å². The molecule has 7 heteroatoms. The van der Waals surface area contributed by atoms with Crippen molar-refractivity contribution in [3.05, 3.63) is 141 Å². The van der Waals surface area contributed by atoms with Crippen molar-refractivity contribution in [2.75, 3.05) is 0 Å². The molecule has 0 aromatic heterocycles. The highest BCUT2D eigenvalue weighted by molar-refractivity contribution is 6.26. The summed E-state index contributed by atoms with van der Waals surface area (Å²) >= 11 is 0. The van der Waals surface area contributed by atoms with Gasteiger partial charge in [-0.15, -0.1) is 0 Å². The normalized spacial score (nSPS) is 28.3. The van der Waals surface area contributed by atoms with Crippen molar-refractivity contribution in [1.82, 2.24) is 0 Å². The van der Waals surface area contributed by atoms with Crippen LogP contribution in [0.15, 0.2) is 84.9 Å². The molecule has 0 radical (unpaired) electrons. The first-order valence-corrected chi connectivity index (χ1v) is 14.6. The molecule has 7 rings (SSSR count). The first-order valence-electron chi connectivity index (χ1n) is 14.6. The van der Waals surface area contributed by atoms with E-state index in [1.807, 2.05) is 58.0 Å². The fourth-order valence-corrected chi connectivity index (χ4v) is 7.53. The van der Waals surface area contributed by atoms with E-state index in [2.05, 4.69) is 0 Å². The Morgan fingerprint density at radius 3 is 1.52 bits per heavy atom. The van der Waals surface area contributed by atoms with Gasteiger partial charge in [-0.25, -0.2) is 4.79 Å². The molecule has 0 amide bonds. The number of ketones is 2. The summed E-state index contributed by atoms with van der Waals surface area (Å²) in [5.74, 6) is -6.66. The van der Waals surface area contributed by atoms with E-state index in [0.717, 1.165) is 11.1 Å². The van der Waals surface area contributed by atoms with Crippen LogP contribution < -0.4 is 0 Å². The number of carbonyl (C=O) groups excluding carboxylic acids is 3. The van der Waals surface area contributed by atoms with Crippen molar-refractivity contribution in [2.45, 2.75) is 64.5 Å². The summed E-state index contributed by atoms with van der Waals surface area (Å²) in [5, 5.41) is 0. The first-order chi connectivity index (χ1) is 20.9. The maximum atomic E-state index is 15.4. The SMILES string of the molecule is Cc1cc(C)c(C(=O)[C@@]23O[C@@]4(c5ccccc5)O[C@@](c5ccccc5)(OC2=O)[C@]3(C(=O)c2c(C)cc(C)cc2C)O4)c(C)c1. The third-order valence-electron chi connectivity index (χ3n) is 9.07. The summed E-state index contributed by atoms with van der Waals surface area (Å²) in [6.45, 7) is 11.1. The zero-order valence-electron chi connectivity index (χ0n) is 25.4. The number of esters is 1. The quantitative estimate of drug-likeness (QED) is 0.147. The Morgan fingerprint density at radius 1 is 0.568 bits per heavy atom. The zero-order chi connectivity index (χ0) is 31.2. The van der Waals surface area contributed by atoms with E-state index in [1.165, 1.54) is 0 Å². The smallest absolute Gasteiger partial charge is 0.353 e. The average molecular weight is 589 g/mol. The molecule has 3 heterocycles. The summed E-state index contributed by atoms with van der Waals surface area (Å²) in [5.41, 5.74) is 0.872. The van der Waals surface area contributed by atoms with Gasteiger partial charge in [0, 0.05) is 22.3 Å². The fourth-order valence-electron chi connectivity index (χ4n) is 7.53. The molecule has 7 nitrogen and oxygen atoms in total. The Kier molecular flexibility index (Phi) is 5.98. The molecular formula is C37H32O7. The average Bonchev–Trinajstić information content (AvgIpc) is 3.50. The molecule has 3 aliphatic heterocycles. The van der Waals surface area contributed by atoms with Gasteiger partial charge < -0.3 is 4.74 Å². The van der Waals surface area contributed by atoms with Crippen molar-refractivity contribution in [3.8, 4) is 0 Å². The second kappa shape index (κ2) is 9.29. The summed E-state index contributed by atoms with van der Waals surface area (Å²) < 4.78 is 26.2. The molecule has 4 aromatic carbocycles. The first kappa shape index (κ1) is 28.3. The monoisotopic (exact) mass is 588 g/mol. The second-order valence-electron chi connectivity index (χ2n) is 12.2. The van der Waals surface area contributed by atoms with Gasteiger partial charge >= 0.3 is 11.9 Å². The predicted octanol–water partition coefficient (Wildman–Crippen LogP) is 6.38. The number of carbonyl (C=O) groups is 3. The number of aryl methyl sites for hydroxylation is 6. The van der Waals surface area contributed by atoms with Crippen LogP contribution in [0.4, 0.5) is 0 Å². The standard InChI is InChI=1S/C37H32O7/c1-21-17-23(3)29(24(4)18-21)31(38)34-33(40)41-36(27-13-9-7-10-14-27)35(34,32(39)30-25(5)19-22(2)20-26(30)6)43-37(42-34,44-36)28-15-11-8-12-16-28/h7-20H,1-6H3/t34-,35-,36-,37-/m1/s1. The van der Waals surface area contributed by atoms with Crippen LogP contribution in [0.1, 0.15) is 65.2 Å². The lowest BCUT2D eigenvalue weighted by Gasteiger charge is -2.41. The van der Waals surface area contributed by atoms with E-state index < -0.39 is 40.5 Å². The zero-order valence-corrected chi connectivity index (χ0v) is 25.4. The van der Waals surface area contributed by atoms with E-state index in [9.17, 15) is 4.79 Å². The van der Waals surface area contributed by atoms with Crippen LogP contribution in [0.3, 0.4) is 0 Å². The molecule has 44 heavy (non-hydrogen) atoms. The van der Waals surface area contributed by atoms with Crippen LogP contribution in [0, 0.1) is 41.5 Å². The maximum absolute atomic E-state index is 15.4. The Labute approximate surface area is 255 Å². The Hall–Kier alpha value is -4.43. The van der Waals surface area contributed by atoms with E-state index in [-0.39, 0.29) is 5.56 Å². The van der Waals surface area contributed by atoms with E-state index in [4.69, 9.17) is 18.9 Å². The molecule has 0 spiro atoms. The fraction of sp³-hybridized carbons (Fsp3) is 0.270. The minimum Gasteiger partial charge on any atom is -0.422 e. The van der Waals surface area contributed by atoms with E-state index in [1.54, 1.807) is 68.4 Å². The van der Waals surface area contributed by atoms with E-state index >= 15 is 9.59 Å². The van der Waals surface area contributed by atoms with Crippen LogP contribution in [0.5, 0.6) is 0 Å². The largest absolute Gasteiger partial charge is 0.422 e. The molecule has 0 N–H and O–H groups in total. The number of hydrogen-bond acceptors (Lipinski definition) is 7. The van der Waals surface area contributed by atoms with E-state index in [0.29, 0.717) is 38.9 Å². The van der Waals surface area contributed by atoms with Gasteiger partial charge in [-0.2, -0.15) is 0 Å². The van der Waals surface area contributed by atoms with Crippen LogP contribution in [-0.2, 0) is 35.5 Å². The van der Waals surface area contributed by atoms with Gasteiger partial charge in [0.05, 0.1) is 0 Å². The van der Waals surface area contributed by atoms with Crippen molar-refractivity contribution in [2.24, 2.45) is 0 Å². The third-order valence-corrected chi connectivity index (χ3v) is 9.07. The Balaban J connectivity index is 1.61. The molecule has 0 saturated carbocycles. The Morgan fingerprint density at radius 2 is 1.02 bits per heavy atom.